The minimum Gasteiger partial charge on any atom is -0.361 e. The fraction of sp³-hybridized carbons (Fsp3) is 0.100. The number of aromatic nitrogens is 4. The average Bonchev–Trinajstić information content (AvgIpc) is 3.32. The van der Waals surface area contributed by atoms with Gasteiger partial charge < -0.3 is 10.7 Å². The van der Waals surface area contributed by atoms with Gasteiger partial charge in [-0.25, -0.2) is 4.68 Å². The van der Waals surface area contributed by atoms with Crippen molar-refractivity contribution in [3.63, 3.8) is 0 Å². The lowest BCUT2D eigenvalue weighted by Gasteiger charge is -2.20. The van der Waals surface area contributed by atoms with Crippen LogP contribution in [0, 0.1) is 0 Å². The van der Waals surface area contributed by atoms with E-state index < -0.39 is 0 Å². The predicted octanol–water partition coefficient (Wildman–Crippen LogP) is 2.93. The molecule has 134 valence electrons. The Bertz CT molecular complexity index is 1130. The van der Waals surface area contributed by atoms with Crippen LogP contribution in [0.15, 0.2) is 71.4 Å². The number of thioether (sulfide) groups is 1. The molecule has 0 aliphatic carbocycles. The van der Waals surface area contributed by atoms with Crippen LogP contribution in [0.2, 0.25) is 0 Å². The van der Waals surface area contributed by atoms with E-state index >= 15 is 0 Å². The van der Waals surface area contributed by atoms with Crippen molar-refractivity contribution in [3.8, 4) is 0 Å². The number of quaternary nitrogens is 1. The molecule has 0 bridgehead atoms. The van der Waals surface area contributed by atoms with Crippen LogP contribution < -0.4 is 11.2 Å². The van der Waals surface area contributed by atoms with Gasteiger partial charge in [0.1, 0.15) is 0 Å². The highest BCUT2D eigenvalue weighted by atomic mass is 32.2. The van der Waals surface area contributed by atoms with Crippen molar-refractivity contribution >= 4 is 28.4 Å². The molecule has 0 saturated heterocycles. The summed E-state index contributed by atoms with van der Waals surface area (Å²) in [7, 11) is 0. The summed E-state index contributed by atoms with van der Waals surface area (Å²) in [5.41, 5.74) is 12.4. The Hall–Kier alpha value is -3.03. The number of nitrogens with one attached hydrogen (secondary N) is 2. The minimum absolute atomic E-state index is 0.0197. The zero-order chi connectivity index (χ0) is 18.2. The lowest BCUT2D eigenvalue weighted by atomic mass is 10.1. The first kappa shape index (κ1) is 16.2. The van der Waals surface area contributed by atoms with Gasteiger partial charge in [-0.15, -0.1) is 10.2 Å². The van der Waals surface area contributed by atoms with E-state index in [9.17, 15) is 0 Å². The number of fused-ring (bicyclic) bond motifs is 2. The number of nitrogens with zero attached hydrogens (tertiary/aromatic N) is 3. The van der Waals surface area contributed by atoms with Crippen LogP contribution >= 0.6 is 11.8 Å². The van der Waals surface area contributed by atoms with Gasteiger partial charge in [0, 0.05) is 28.9 Å². The molecule has 1 aliphatic heterocycles. The van der Waals surface area contributed by atoms with Crippen LogP contribution in [0.1, 0.15) is 23.0 Å². The zero-order valence-corrected chi connectivity index (χ0v) is 15.4. The molecule has 0 amide bonds. The summed E-state index contributed by atoms with van der Waals surface area (Å²) >= 11 is 1.57. The Kier molecular flexibility index (Phi) is 3.95. The third kappa shape index (κ3) is 2.90. The maximum atomic E-state index is 4.41. The monoisotopic (exact) mass is 375 g/mol. The summed E-state index contributed by atoms with van der Waals surface area (Å²) in [6.07, 6.45) is 2.85. The molecular weight excluding hydrogens is 356 g/mol. The van der Waals surface area contributed by atoms with E-state index in [1.165, 1.54) is 10.9 Å². The van der Waals surface area contributed by atoms with Crippen molar-refractivity contribution in [2.75, 3.05) is 5.43 Å². The highest BCUT2D eigenvalue weighted by Gasteiger charge is 2.25. The number of benzene rings is 2. The quantitative estimate of drug-likeness (QED) is 0.512. The average molecular weight is 375 g/mol. The number of hydrogen-bond donors (Lipinski definition) is 3. The topological polar surface area (TPSA) is 86.2 Å². The minimum atomic E-state index is -0.0197. The second kappa shape index (κ2) is 6.61. The predicted molar refractivity (Wildman–Crippen MR) is 107 cm³/mol. The van der Waals surface area contributed by atoms with E-state index in [1.807, 2.05) is 28.9 Å². The van der Waals surface area contributed by atoms with Crippen molar-refractivity contribution in [2.24, 2.45) is 0 Å². The van der Waals surface area contributed by atoms with Crippen LogP contribution in [-0.4, -0.2) is 19.9 Å². The molecule has 1 aliphatic rings. The summed E-state index contributed by atoms with van der Waals surface area (Å²) < 4.78 is 1.96. The first-order valence-corrected chi connectivity index (χ1v) is 9.70. The molecule has 0 spiro atoms. The molecule has 2 aromatic heterocycles. The highest BCUT2D eigenvalue weighted by Crippen LogP contribution is 2.30. The molecule has 4 aromatic rings. The van der Waals surface area contributed by atoms with Gasteiger partial charge in [-0.3, -0.25) is 5.43 Å². The van der Waals surface area contributed by atoms with Crippen LogP contribution in [-0.2, 0) is 6.42 Å². The van der Waals surface area contributed by atoms with Gasteiger partial charge in [-0.05, 0) is 17.2 Å². The first-order chi connectivity index (χ1) is 13.3. The lowest BCUT2D eigenvalue weighted by molar-refractivity contribution is -0.428. The smallest absolute Gasteiger partial charge is 0.214 e. The molecule has 0 saturated carbocycles. The molecule has 0 unspecified atom stereocenters. The summed E-state index contributed by atoms with van der Waals surface area (Å²) in [5.74, 6) is 0.837. The molecule has 7 heteroatoms. The summed E-state index contributed by atoms with van der Waals surface area (Å²) in [5, 5.41) is 12.9. The second-order valence-corrected chi connectivity index (χ2v) is 7.40. The Labute approximate surface area is 160 Å². The normalized spacial score (nSPS) is 14.5. The molecule has 1 atom stereocenters. The van der Waals surface area contributed by atoms with E-state index in [-0.39, 0.29) is 6.04 Å². The molecule has 0 fully saturated rings. The van der Waals surface area contributed by atoms with Gasteiger partial charge in [0.15, 0.2) is 6.04 Å². The van der Waals surface area contributed by atoms with Crippen molar-refractivity contribution in [1.29, 1.82) is 0 Å². The lowest BCUT2D eigenvalue weighted by Crippen LogP contribution is -2.56. The van der Waals surface area contributed by atoms with Crippen molar-refractivity contribution < 1.29 is 5.73 Å². The van der Waals surface area contributed by atoms with Gasteiger partial charge in [0.2, 0.25) is 11.0 Å². The van der Waals surface area contributed by atoms with E-state index in [1.54, 1.807) is 11.8 Å². The molecule has 27 heavy (non-hydrogen) atoms. The zero-order valence-electron chi connectivity index (χ0n) is 14.6. The van der Waals surface area contributed by atoms with E-state index in [4.69, 9.17) is 0 Å². The van der Waals surface area contributed by atoms with Crippen LogP contribution in [0.5, 0.6) is 0 Å². The van der Waals surface area contributed by atoms with Crippen LogP contribution in [0.3, 0.4) is 0 Å². The van der Waals surface area contributed by atoms with Crippen molar-refractivity contribution in [2.45, 2.75) is 17.6 Å². The molecule has 3 heterocycles. The molecule has 5 N–H and O–H groups in total. The molecule has 0 radical (unpaired) electrons. The molecule has 2 aromatic carbocycles. The Morgan fingerprint density at radius 3 is 2.74 bits per heavy atom. The number of aromatic amines is 1. The number of para-hydroxylation sites is 1. The van der Waals surface area contributed by atoms with Gasteiger partial charge in [-0.1, -0.05) is 60.3 Å². The Morgan fingerprint density at radius 1 is 1.04 bits per heavy atom. The Balaban J connectivity index is 1.42. The van der Waals surface area contributed by atoms with Gasteiger partial charge >= 0.3 is 0 Å². The largest absolute Gasteiger partial charge is 0.361 e. The number of hydrogen-bond acceptors (Lipinski definition) is 4. The third-order valence-electron chi connectivity index (χ3n) is 4.76. The second-order valence-electron chi connectivity index (χ2n) is 6.56. The summed E-state index contributed by atoms with van der Waals surface area (Å²) in [6.45, 7) is 0. The highest BCUT2D eigenvalue weighted by molar-refractivity contribution is 8.02. The maximum Gasteiger partial charge on any atom is 0.214 e. The van der Waals surface area contributed by atoms with Gasteiger partial charge in [-0.2, -0.15) is 0 Å². The Morgan fingerprint density at radius 2 is 1.85 bits per heavy atom. The fourth-order valence-electron chi connectivity index (χ4n) is 3.39. The molecule has 6 nitrogen and oxygen atoms in total. The van der Waals surface area contributed by atoms with Crippen LogP contribution in [0.25, 0.3) is 16.6 Å². The van der Waals surface area contributed by atoms with Crippen molar-refractivity contribution in [3.05, 3.63) is 83.2 Å². The first-order valence-electron chi connectivity index (χ1n) is 8.82. The summed E-state index contributed by atoms with van der Waals surface area (Å²) in [6, 6.07) is 18.6. The standard InChI is InChI=1S/C20H18N6S/c21-16(10-14-11-22-17-9-5-4-8-15(14)17)19-23-24-20-26(19)25-18(12-27-20)13-6-2-1-3-7-13/h1-9,11-12,16,22,25H,10,21H2/p+1/t16-/m0/s1. The molecular formula is C20H19N6S+. The van der Waals surface area contributed by atoms with E-state index in [2.05, 4.69) is 68.3 Å². The fourth-order valence-corrected chi connectivity index (χ4v) is 4.14. The van der Waals surface area contributed by atoms with Crippen LogP contribution in [0.4, 0.5) is 0 Å². The SMILES string of the molecule is [NH3+][C@@H](Cc1c[nH]c2ccccc12)c1nnc2n1NC(c1ccccc1)=CS2. The van der Waals surface area contributed by atoms with Gasteiger partial charge in [0.25, 0.3) is 0 Å². The third-order valence-corrected chi connectivity index (χ3v) is 5.59. The maximum absolute atomic E-state index is 4.41. The number of rotatable bonds is 4. The van der Waals surface area contributed by atoms with E-state index in [0.717, 1.165) is 34.2 Å². The van der Waals surface area contributed by atoms with Gasteiger partial charge in [0.05, 0.1) is 5.70 Å². The summed E-state index contributed by atoms with van der Waals surface area (Å²) in [4.78, 5) is 3.33. The van der Waals surface area contributed by atoms with E-state index in [0.29, 0.717) is 0 Å². The molecule has 5 rings (SSSR count). The number of H-pyrrole nitrogens is 1. The van der Waals surface area contributed by atoms with Crippen molar-refractivity contribution in [1.82, 2.24) is 19.9 Å².